The third kappa shape index (κ3) is 6.46. The molecule has 2 saturated heterocycles. The second-order valence-electron chi connectivity index (χ2n) is 7.06. The van der Waals surface area contributed by atoms with Gasteiger partial charge in [-0.3, -0.25) is 4.79 Å². The Morgan fingerprint density at radius 2 is 1.94 bits per heavy atom. The van der Waals surface area contributed by atoms with E-state index in [4.69, 9.17) is 15.2 Å². The number of carboxylic acids is 1. The van der Waals surface area contributed by atoms with Gasteiger partial charge in [0.15, 0.2) is 0 Å². The first-order valence-corrected chi connectivity index (χ1v) is 9.37. The van der Waals surface area contributed by atoms with Gasteiger partial charge in [-0.05, 0) is 31.4 Å². The number of hydrogen-bond donors (Lipinski definition) is 3. The summed E-state index contributed by atoms with van der Waals surface area (Å²) in [6.07, 6.45) is -6.47. The molecule has 1 amide bonds. The molecule has 1 aromatic rings. The lowest BCUT2D eigenvalue weighted by Crippen LogP contribution is -2.45. The Balaban J connectivity index is 0.000000451. The number of carboxylic acid groups (broad SMARTS) is 1. The molecule has 14 heteroatoms. The van der Waals surface area contributed by atoms with E-state index in [9.17, 15) is 31.1 Å². The van der Waals surface area contributed by atoms with E-state index < -0.39 is 36.0 Å². The van der Waals surface area contributed by atoms with Crippen molar-refractivity contribution in [3.8, 4) is 6.07 Å². The molecular weight excluding hydrogens is 448 g/mol. The molecule has 0 aromatic carbocycles. The summed E-state index contributed by atoms with van der Waals surface area (Å²) in [7, 11) is 0. The van der Waals surface area contributed by atoms with Gasteiger partial charge in [0, 0.05) is 25.3 Å². The molecule has 3 N–H and O–H groups in total. The van der Waals surface area contributed by atoms with Crippen molar-refractivity contribution in [2.24, 2.45) is 0 Å². The molecule has 0 bridgehead atoms. The van der Waals surface area contributed by atoms with Crippen LogP contribution in [-0.2, 0) is 15.8 Å². The number of nitrogens with one attached hydrogen (secondary N) is 2. The second kappa shape index (κ2) is 10.0. The van der Waals surface area contributed by atoms with Crippen molar-refractivity contribution in [3.05, 3.63) is 23.9 Å². The van der Waals surface area contributed by atoms with Crippen LogP contribution in [0.5, 0.6) is 0 Å². The average molecular weight is 467 g/mol. The molecule has 2 fully saturated rings. The number of aromatic nitrogens is 1. The van der Waals surface area contributed by atoms with Crippen LogP contribution >= 0.6 is 0 Å². The minimum Gasteiger partial charge on any atom is -0.475 e. The summed E-state index contributed by atoms with van der Waals surface area (Å²) in [6, 6.07) is 3.09. The average Bonchev–Trinajstić information content (AvgIpc) is 3.36. The number of rotatable bonds is 3. The molecule has 176 valence electrons. The number of carbonyl (C=O) groups is 2. The number of nitriles is 1. The number of likely N-dealkylation sites (tertiary alicyclic amines) is 1. The molecule has 0 unspecified atom stereocenters. The van der Waals surface area contributed by atoms with E-state index in [0.29, 0.717) is 25.9 Å². The van der Waals surface area contributed by atoms with E-state index in [0.717, 1.165) is 12.5 Å². The predicted molar refractivity (Wildman–Crippen MR) is 97.1 cm³/mol. The van der Waals surface area contributed by atoms with Crippen molar-refractivity contribution in [1.29, 1.82) is 5.26 Å². The number of alkyl halides is 6. The molecule has 3 atom stereocenters. The van der Waals surface area contributed by atoms with Crippen LogP contribution < -0.4 is 10.6 Å². The lowest BCUT2D eigenvalue weighted by atomic mass is 10.1. The van der Waals surface area contributed by atoms with Crippen LogP contribution in [-0.4, -0.2) is 64.3 Å². The van der Waals surface area contributed by atoms with Crippen LogP contribution in [0.4, 0.5) is 32.2 Å². The maximum absolute atomic E-state index is 13.0. The number of halogens is 6. The molecule has 1 aromatic heterocycles. The summed E-state index contributed by atoms with van der Waals surface area (Å²) in [5.74, 6) is -3.15. The van der Waals surface area contributed by atoms with Crippen LogP contribution in [0.15, 0.2) is 18.3 Å². The lowest BCUT2D eigenvalue weighted by molar-refractivity contribution is -0.192. The fraction of sp³-hybridized carbons (Fsp3) is 0.556. The summed E-state index contributed by atoms with van der Waals surface area (Å²) in [5, 5.41) is 22.0. The van der Waals surface area contributed by atoms with Crippen molar-refractivity contribution >= 4 is 17.7 Å². The van der Waals surface area contributed by atoms with Crippen molar-refractivity contribution in [2.45, 2.75) is 49.7 Å². The zero-order chi connectivity index (χ0) is 24.1. The predicted octanol–water partition coefficient (Wildman–Crippen LogP) is 2.39. The van der Waals surface area contributed by atoms with E-state index in [-0.39, 0.29) is 17.8 Å². The molecule has 0 spiro atoms. The van der Waals surface area contributed by atoms with Gasteiger partial charge >= 0.3 is 18.3 Å². The topological polar surface area (TPSA) is 118 Å². The molecule has 3 heterocycles. The van der Waals surface area contributed by atoms with Gasteiger partial charge in [0.25, 0.3) is 0 Å². The van der Waals surface area contributed by atoms with E-state index in [1.807, 2.05) is 0 Å². The molecule has 0 aliphatic carbocycles. The van der Waals surface area contributed by atoms with Gasteiger partial charge in [-0.15, -0.1) is 0 Å². The first-order valence-electron chi connectivity index (χ1n) is 9.37. The van der Waals surface area contributed by atoms with Gasteiger partial charge in [-0.1, -0.05) is 0 Å². The van der Waals surface area contributed by atoms with E-state index in [2.05, 4.69) is 21.7 Å². The van der Waals surface area contributed by atoms with Gasteiger partial charge in [0.05, 0.1) is 17.7 Å². The highest BCUT2D eigenvalue weighted by Gasteiger charge is 2.39. The molecule has 0 radical (unpaired) electrons. The fourth-order valence-corrected chi connectivity index (χ4v) is 3.34. The zero-order valence-corrected chi connectivity index (χ0v) is 16.4. The number of carbonyl (C=O) groups excluding carboxylic acids is 1. The standard InChI is InChI=1S/C16H18F3N5O.C2HF3O2/c17-16(18,19)12-4-1-5-21-14(12)23-10-7-13(22-9-10)15(25)24-6-2-3-11(24)8-20;3-2(4,5)1(6)7/h1,4-5,10-11,13,22H,2-3,6-7,9H2,(H,21,23);(H,6,7)/t10-,11-,13-;/m0./s1. The number of aliphatic carboxylic acids is 1. The van der Waals surface area contributed by atoms with Crippen LogP contribution in [0, 0.1) is 11.3 Å². The molecule has 32 heavy (non-hydrogen) atoms. The smallest absolute Gasteiger partial charge is 0.475 e. The third-order valence-electron chi connectivity index (χ3n) is 4.81. The van der Waals surface area contributed by atoms with Gasteiger partial charge < -0.3 is 20.6 Å². The number of hydrogen-bond acceptors (Lipinski definition) is 6. The van der Waals surface area contributed by atoms with Crippen molar-refractivity contribution in [3.63, 3.8) is 0 Å². The Morgan fingerprint density at radius 3 is 2.50 bits per heavy atom. The highest BCUT2D eigenvalue weighted by atomic mass is 19.4. The Hall–Kier alpha value is -3.08. The van der Waals surface area contributed by atoms with Gasteiger partial charge in [0.1, 0.15) is 11.9 Å². The highest BCUT2D eigenvalue weighted by Crippen LogP contribution is 2.34. The number of nitrogens with zero attached hydrogens (tertiary/aromatic N) is 3. The van der Waals surface area contributed by atoms with Crippen molar-refractivity contribution < 1.29 is 41.0 Å². The SMILES string of the molecule is N#C[C@@H]1CCCN1C(=O)[C@@H]1C[C@H](Nc2ncccc2C(F)(F)F)CN1.O=C(O)C(F)(F)F. The largest absolute Gasteiger partial charge is 0.490 e. The quantitative estimate of drug-likeness (QED) is 0.585. The first-order chi connectivity index (χ1) is 14.8. The summed E-state index contributed by atoms with van der Waals surface area (Å²) in [6.45, 7) is 0.904. The third-order valence-corrected chi connectivity index (χ3v) is 4.81. The molecular formula is C18H19F6N5O3. The van der Waals surface area contributed by atoms with Crippen LogP contribution in [0.25, 0.3) is 0 Å². The van der Waals surface area contributed by atoms with Crippen LogP contribution in [0.1, 0.15) is 24.8 Å². The number of anilines is 1. The van der Waals surface area contributed by atoms with Crippen LogP contribution in [0.3, 0.4) is 0 Å². The van der Waals surface area contributed by atoms with Gasteiger partial charge in [-0.2, -0.15) is 31.6 Å². The summed E-state index contributed by atoms with van der Waals surface area (Å²) in [5.41, 5.74) is -0.825. The fourth-order valence-electron chi connectivity index (χ4n) is 3.34. The van der Waals surface area contributed by atoms with E-state index in [1.165, 1.54) is 12.3 Å². The summed E-state index contributed by atoms with van der Waals surface area (Å²) < 4.78 is 70.8. The molecule has 0 saturated carbocycles. The molecule has 3 rings (SSSR count). The molecule has 8 nitrogen and oxygen atoms in total. The normalized spacial score (nSPS) is 23.2. The number of pyridine rings is 1. The van der Waals surface area contributed by atoms with Crippen LogP contribution in [0.2, 0.25) is 0 Å². The lowest BCUT2D eigenvalue weighted by Gasteiger charge is -2.23. The second-order valence-corrected chi connectivity index (χ2v) is 7.06. The first kappa shape index (κ1) is 25.2. The van der Waals surface area contributed by atoms with E-state index >= 15 is 0 Å². The Morgan fingerprint density at radius 1 is 1.28 bits per heavy atom. The minimum absolute atomic E-state index is 0.162. The maximum atomic E-state index is 13.0. The Kier molecular flexibility index (Phi) is 7.89. The molecule has 2 aliphatic rings. The minimum atomic E-state index is -5.08. The van der Waals surface area contributed by atoms with Crippen molar-refractivity contribution in [1.82, 2.24) is 15.2 Å². The zero-order valence-electron chi connectivity index (χ0n) is 16.4. The van der Waals surface area contributed by atoms with E-state index in [1.54, 1.807) is 4.90 Å². The maximum Gasteiger partial charge on any atom is 0.490 e. The monoisotopic (exact) mass is 467 g/mol. The Bertz CT molecular complexity index is 870. The van der Waals surface area contributed by atoms with Gasteiger partial charge in [-0.25, -0.2) is 9.78 Å². The Labute approximate surface area is 178 Å². The summed E-state index contributed by atoms with van der Waals surface area (Å²) in [4.78, 5) is 26.8. The van der Waals surface area contributed by atoms with Gasteiger partial charge in [0.2, 0.25) is 5.91 Å². The highest BCUT2D eigenvalue weighted by molar-refractivity contribution is 5.83. The summed E-state index contributed by atoms with van der Waals surface area (Å²) >= 11 is 0. The number of amides is 1. The molecule has 2 aliphatic heterocycles. The van der Waals surface area contributed by atoms with Crippen molar-refractivity contribution in [2.75, 3.05) is 18.4 Å².